The molecule has 10 atom stereocenters. The summed E-state index contributed by atoms with van der Waals surface area (Å²) in [4.78, 5) is 0. The normalized spacial score (nSPS) is 28.3. The minimum Gasteiger partial charge on any atom is -0.485 e. The highest BCUT2D eigenvalue weighted by molar-refractivity contribution is 5.81. The zero-order valence-electron chi connectivity index (χ0n) is 40.7. The van der Waals surface area contributed by atoms with Gasteiger partial charge in [0.05, 0.1) is 0 Å². The zero-order valence-corrected chi connectivity index (χ0v) is 40.7. The van der Waals surface area contributed by atoms with Crippen molar-refractivity contribution < 1.29 is 9.47 Å². The van der Waals surface area contributed by atoms with Crippen molar-refractivity contribution in [1.82, 2.24) is 0 Å². The van der Waals surface area contributed by atoms with Crippen LogP contribution < -0.4 is 9.47 Å². The summed E-state index contributed by atoms with van der Waals surface area (Å²) in [6, 6.07) is 35.8. The summed E-state index contributed by atoms with van der Waals surface area (Å²) in [6.45, 7) is 4.94. The second kappa shape index (κ2) is 18.3. The maximum atomic E-state index is 6.59. The van der Waals surface area contributed by atoms with Crippen molar-refractivity contribution in [2.45, 2.75) is 89.3 Å². The Balaban J connectivity index is 0.704. The van der Waals surface area contributed by atoms with Gasteiger partial charge in [0.25, 0.3) is 0 Å². The number of benzene rings is 4. The van der Waals surface area contributed by atoms with E-state index in [1.165, 1.54) is 56.5 Å². The highest BCUT2D eigenvalue weighted by Gasteiger charge is 2.45. The summed E-state index contributed by atoms with van der Waals surface area (Å²) in [7, 11) is 0. The minimum atomic E-state index is 0.0851. The molecule has 4 aromatic carbocycles. The molecular formula is C68H64O2. The van der Waals surface area contributed by atoms with E-state index in [2.05, 4.69) is 208 Å². The summed E-state index contributed by atoms with van der Waals surface area (Å²) in [5.74, 6) is 5.76. The van der Waals surface area contributed by atoms with Crippen molar-refractivity contribution in [2.24, 2.45) is 35.5 Å². The van der Waals surface area contributed by atoms with Gasteiger partial charge in [0.1, 0.15) is 23.7 Å². The zero-order chi connectivity index (χ0) is 46.7. The Bertz CT molecular complexity index is 3110. The van der Waals surface area contributed by atoms with Crippen LogP contribution in [0.4, 0.5) is 0 Å². The second-order valence-corrected chi connectivity index (χ2v) is 21.6. The van der Waals surface area contributed by atoms with E-state index in [0.717, 1.165) is 56.4 Å². The van der Waals surface area contributed by atoms with Crippen molar-refractivity contribution in [3.8, 4) is 22.6 Å². The lowest BCUT2D eigenvalue weighted by Gasteiger charge is -2.31. The lowest BCUT2D eigenvalue weighted by Crippen LogP contribution is -2.19. The first-order valence-corrected chi connectivity index (χ1v) is 26.5. The molecule has 4 aromatic rings. The number of allylic oxidation sites excluding steroid dienone is 20. The summed E-state index contributed by atoms with van der Waals surface area (Å²) in [5, 5.41) is 0. The molecule has 0 fully saturated rings. The molecule has 0 spiro atoms. The van der Waals surface area contributed by atoms with Gasteiger partial charge in [0, 0.05) is 52.4 Å². The van der Waals surface area contributed by atoms with Crippen LogP contribution in [0, 0.1) is 35.5 Å². The maximum Gasteiger partial charge on any atom is 0.132 e. The van der Waals surface area contributed by atoms with E-state index in [9.17, 15) is 0 Å². The average molecular weight is 913 g/mol. The topological polar surface area (TPSA) is 18.5 Å². The molecule has 0 saturated carbocycles. The number of hydrogen-bond donors (Lipinski definition) is 0. The molecule has 0 radical (unpaired) electrons. The van der Waals surface area contributed by atoms with E-state index in [1.54, 1.807) is 27.9 Å². The number of hydrogen-bond acceptors (Lipinski definition) is 2. The molecule has 2 aliphatic heterocycles. The van der Waals surface area contributed by atoms with Gasteiger partial charge >= 0.3 is 0 Å². The highest BCUT2D eigenvalue weighted by Crippen LogP contribution is 2.55. The molecule has 9 aliphatic rings. The van der Waals surface area contributed by atoms with Gasteiger partial charge in [-0.05, 0) is 109 Å². The van der Waals surface area contributed by atoms with Crippen LogP contribution in [-0.4, -0.2) is 12.2 Å². The molecule has 7 aliphatic carbocycles. The number of rotatable bonds is 11. The molecule has 0 aromatic heterocycles. The summed E-state index contributed by atoms with van der Waals surface area (Å²) < 4.78 is 13.1. The van der Waals surface area contributed by atoms with Gasteiger partial charge in [-0.1, -0.05) is 224 Å². The molecular weight excluding hydrogens is 849 g/mol. The lowest BCUT2D eigenvalue weighted by molar-refractivity contribution is 0.270. The van der Waals surface area contributed by atoms with Crippen LogP contribution in [0.3, 0.4) is 0 Å². The predicted molar refractivity (Wildman–Crippen MR) is 289 cm³/mol. The third-order valence-electron chi connectivity index (χ3n) is 17.7. The van der Waals surface area contributed by atoms with Crippen LogP contribution in [-0.2, 0) is 0 Å². The Kier molecular flexibility index (Phi) is 11.3. The van der Waals surface area contributed by atoms with Crippen molar-refractivity contribution >= 4 is 11.1 Å². The van der Waals surface area contributed by atoms with E-state index < -0.39 is 0 Å². The van der Waals surface area contributed by atoms with Gasteiger partial charge < -0.3 is 9.47 Å². The Labute approximate surface area is 416 Å². The summed E-state index contributed by atoms with van der Waals surface area (Å²) >= 11 is 0. The van der Waals surface area contributed by atoms with Gasteiger partial charge in [0.15, 0.2) is 0 Å². The SMILES string of the molecule is CC1C=C(CCC2C3=C(CC4Oc5ccccc5C4=C3)C3C=CC=CC32)C=CC1C1=CC=C([C@H](C)CC(C2=CC=C(c3ccccc3)CC2)c2ccc(-c3cccc4c3OC3C=CC=CC43)cc2)CC1. The third kappa shape index (κ3) is 7.89. The maximum absolute atomic E-state index is 6.59. The number of para-hydroxylation sites is 2. The second-order valence-electron chi connectivity index (χ2n) is 21.6. The largest absolute Gasteiger partial charge is 0.485 e. The van der Waals surface area contributed by atoms with Crippen LogP contribution in [0.2, 0.25) is 0 Å². The molecule has 2 nitrogen and oxygen atoms in total. The average Bonchev–Trinajstić information content (AvgIpc) is 4.08. The van der Waals surface area contributed by atoms with Gasteiger partial charge in [-0.25, -0.2) is 0 Å². The van der Waals surface area contributed by atoms with E-state index in [-0.39, 0.29) is 12.2 Å². The highest BCUT2D eigenvalue weighted by atomic mass is 16.5. The summed E-state index contributed by atoms with van der Waals surface area (Å²) in [6.07, 6.45) is 47.4. The first-order valence-electron chi connectivity index (χ1n) is 26.5. The molecule has 348 valence electrons. The number of ether oxygens (including phenoxy) is 2. The van der Waals surface area contributed by atoms with Crippen LogP contribution in [0.15, 0.2) is 228 Å². The van der Waals surface area contributed by atoms with Crippen LogP contribution in [0.25, 0.3) is 22.3 Å². The molecule has 70 heavy (non-hydrogen) atoms. The number of fused-ring (bicyclic) bond motifs is 8. The van der Waals surface area contributed by atoms with Crippen molar-refractivity contribution in [3.63, 3.8) is 0 Å². The fourth-order valence-corrected chi connectivity index (χ4v) is 13.9. The lowest BCUT2D eigenvalue weighted by atomic mass is 9.74. The fourth-order valence-electron chi connectivity index (χ4n) is 13.9. The monoisotopic (exact) mass is 912 g/mol. The van der Waals surface area contributed by atoms with Crippen molar-refractivity contribution in [1.29, 1.82) is 0 Å². The Morgan fingerprint density at radius 1 is 0.643 bits per heavy atom. The van der Waals surface area contributed by atoms with Gasteiger partial charge in [-0.3, -0.25) is 0 Å². The Morgan fingerprint density at radius 2 is 1.43 bits per heavy atom. The molecule has 13 rings (SSSR count). The van der Waals surface area contributed by atoms with E-state index in [0.29, 0.717) is 47.3 Å². The molecule has 0 amide bonds. The first kappa shape index (κ1) is 43.4. The molecule has 0 bridgehead atoms. The first-order chi connectivity index (χ1) is 34.5. The van der Waals surface area contributed by atoms with E-state index >= 15 is 0 Å². The van der Waals surface area contributed by atoms with Crippen molar-refractivity contribution in [3.05, 3.63) is 250 Å². The smallest absolute Gasteiger partial charge is 0.132 e. The molecule has 9 unspecified atom stereocenters. The van der Waals surface area contributed by atoms with E-state index in [4.69, 9.17) is 9.47 Å². The Hall–Kier alpha value is -6.64. The van der Waals surface area contributed by atoms with Gasteiger partial charge in [-0.15, -0.1) is 0 Å². The van der Waals surface area contributed by atoms with E-state index in [1.807, 2.05) is 0 Å². The minimum absolute atomic E-state index is 0.0851. The fraction of sp³-hybridized carbons (Fsp3) is 0.294. The molecule has 2 heteroatoms. The third-order valence-corrected chi connectivity index (χ3v) is 17.7. The van der Waals surface area contributed by atoms with Gasteiger partial charge in [-0.2, -0.15) is 0 Å². The Morgan fingerprint density at radius 3 is 2.26 bits per heavy atom. The van der Waals surface area contributed by atoms with Crippen LogP contribution in [0.1, 0.15) is 99.3 Å². The van der Waals surface area contributed by atoms with Crippen molar-refractivity contribution in [2.75, 3.05) is 0 Å². The summed E-state index contributed by atoms with van der Waals surface area (Å²) in [5.41, 5.74) is 20.1. The van der Waals surface area contributed by atoms with Crippen LogP contribution in [0.5, 0.6) is 11.5 Å². The van der Waals surface area contributed by atoms with Crippen LogP contribution >= 0.6 is 0 Å². The quantitative estimate of drug-likeness (QED) is 0.149. The standard InChI is InChI=1S/C68H64O2/c1-43(40-61(51-31-27-48(28-32-51)47-13-4-3-5-14-47)52-35-33-50(34-36-52)54-19-12-20-60-58-17-8-11-22-66(58)70-68(54)60)46-25-29-49(30-26-46)53-37-23-45(39-44(53)2)24-38-57-55-15-6-7-16-56(55)63-42-67-64(41-62(57)63)59-18-9-10-21-65(59)69-67/h3-23,25,27,29,31,33-37,39,41,43-44,53,55-58,61,66-67H,24,26,28,30,32,38,40,42H2,1-2H3/t43-,44?,53?,55?,56?,57?,58?,61?,66?,67?/m1/s1. The predicted octanol–water partition coefficient (Wildman–Crippen LogP) is 16.9. The molecule has 2 heterocycles. The molecule has 0 N–H and O–H groups in total. The molecule has 0 saturated heterocycles. The van der Waals surface area contributed by atoms with Gasteiger partial charge in [0.2, 0.25) is 0 Å².